The van der Waals surface area contributed by atoms with Crippen LogP contribution >= 0.6 is 0 Å². The van der Waals surface area contributed by atoms with E-state index in [9.17, 15) is 24.9 Å². The lowest BCUT2D eigenvalue weighted by molar-refractivity contribution is 0.0971. The lowest BCUT2D eigenvalue weighted by Crippen LogP contribution is -2.27. The summed E-state index contributed by atoms with van der Waals surface area (Å²) in [6, 6.07) is 4.64. The molecule has 0 bridgehead atoms. The second-order valence-corrected chi connectivity index (χ2v) is 7.07. The van der Waals surface area contributed by atoms with Crippen LogP contribution in [0.25, 0.3) is 0 Å². The maximum absolute atomic E-state index is 13.1. The standard InChI is InChI=1S/C21H19NO6/c1-28-14-4-2-3-11-15(14)21(27)17-16(19(11)25)20(26)12-7-9(13(22)8-23)5-6-10(12)18(17)24/h2-4,9,22-24,26H,5-8H2,1H3/t9-/m0/s1. The molecule has 0 saturated carbocycles. The van der Waals surface area contributed by atoms with Crippen LogP contribution in [0.2, 0.25) is 0 Å². The zero-order chi connectivity index (χ0) is 20.2. The minimum atomic E-state index is -0.567. The minimum Gasteiger partial charge on any atom is -0.507 e. The van der Waals surface area contributed by atoms with Gasteiger partial charge in [-0.3, -0.25) is 9.59 Å². The number of rotatable bonds is 3. The molecule has 0 amide bonds. The van der Waals surface area contributed by atoms with Gasteiger partial charge in [0.15, 0.2) is 5.78 Å². The largest absolute Gasteiger partial charge is 0.507 e. The van der Waals surface area contributed by atoms with E-state index in [4.69, 9.17) is 10.1 Å². The lowest BCUT2D eigenvalue weighted by Gasteiger charge is -2.30. The number of hydrogen-bond donors (Lipinski definition) is 4. The van der Waals surface area contributed by atoms with Gasteiger partial charge in [-0.05, 0) is 25.3 Å². The average molecular weight is 381 g/mol. The number of nitrogens with one attached hydrogen (secondary N) is 1. The molecule has 0 saturated heterocycles. The molecule has 4 rings (SSSR count). The number of carbonyl (C=O) groups excluding carboxylic acids is 2. The van der Waals surface area contributed by atoms with Crippen molar-refractivity contribution in [2.45, 2.75) is 19.3 Å². The Morgan fingerprint density at radius 1 is 1.11 bits per heavy atom. The van der Waals surface area contributed by atoms with Crippen molar-refractivity contribution in [2.24, 2.45) is 5.92 Å². The van der Waals surface area contributed by atoms with Gasteiger partial charge in [-0.15, -0.1) is 0 Å². The summed E-state index contributed by atoms with van der Waals surface area (Å²) in [5.41, 5.74) is 0.692. The predicted molar refractivity (Wildman–Crippen MR) is 100.0 cm³/mol. The molecule has 0 unspecified atom stereocenters. The molecule has 4 N–H and O–H groups in total. The van der Waals surface area contributed by atoms with E-state index in [1.165, 1.54) is 13.2 Å². The molecule has 144 valence electrons. The van der Waals surface area contributed by atoms with Gasteiger partial charge >= 0.3 is 0 Å². The van der Waals surface area contributed by atoms with Gasteiger partial charge in [-0.25, -0.2) is 0 Å². The summed E-state index contributed by atoms with van der Waals surface area (Å²) in [5, 5.41) is 38.8. The van der Waals surface area contributed by atoms with Crippen molar-refractivity contribution in [3.63, 3.8) is 0 Å². The maximum Gasteiger partial charge on any atom is 0.202 e. The molecular formula is C21H19NO6. The third kappa shape index (κ3) is 2.36. The normalized spacial score (nSPS) is 17.6. The van der Waals surface area contributed by atoms with Gasteiger partial charge in [0.05, 0.1) is 30.4 Å². The van der Waals surface area contributed by atoms with Crippen molar-refractivity contribution in [1.82, 2.24) is 0 Å². The Morgan fingerprint density at radius 2 is 1.79 bits per heavy atom. The van der Waals surface area contributed by atoms with Crippen LogP contribution in [0.1, 0.15) is 49.4 Å². The SMILES string of the molecule is COc1cccc2c1C(=O)c1c(O)c3c(c(O)c1C2=O)C[C@@H](C(=N)CO)CC3. The summed E-state index contributed by atoms with van der Waals surface area (Å²) < 4.78 is 5.22. The number of benzene rings is 2. The lowest BCUT2D eigenvalue weighted by atomic mass is 9.74. The van der Waals surface area contributed by atoms with E-state index < -0.39 is 11.6 Å². The molecule has 2 aliphatic rings. The molecule has 0 aromatic heterocycles. The summed E-state index contributed by atoms with van der Waals surface area (Å²) in [5.74, 6) is -1.81. The van der Waals surface area contributed by atoms with Gasteiger partial charge in [-0.2, -0.15) is 0 Å². The van der Waals surface area contributed by atoms with Gasteiger partial charge in [-0.1, -0.05) is 12.1 Å². The van der Waals surface area contributed by atoms with Crippen LogP contribution in [-0.2, 0) is 12.8 Å². The van der Waals surface area contributed by atoms with Crippen molar-refractivity contribution in [3.05, 3.63) is 51.6 Å². The second kappa shape index (κ2) is 6.45. The van der Waals surface area contributed by atoms with Crippen LogP contribution in [-0.4, -0.2) is 46.3 Å². The number of methoxy groups -OCH3 is 1. The first-order chi connectivity index (χ1) is 13.4. The smallest absolute Gasteiger partial charge is 0.202 e. The highest BCUT2D eigenvalue weighted by Gasteiger charge is 2.40. The van der Waals surface area contributed by atoms with Crippen LogP contribution in [0.3, 0.4) is 0 Å². The monoisotopic (exact) mass is 381 g/mol. The Bertz CT molecular complexity index is 1060. The van der Waals surface area contributed by atoms with Crippen LogP contribution < -0.4 is 4.74 Å². The van der Waals surface area contributed by atoms with Gasteiger partial charge in [0, 0.05) is 28.3 Å². The molecule has 0 fully saturated rings. The number of aliphatic hydroxyl groups excluding tert-OH is 1. The van der Waals surface area contributed by atoms with Crippen LogP contribution in [0.4, 0.5) is 0 Å². The van der Waals surface area contributed by atoms with Crippen LogP contribution in [0, 0.1) is 11.3 Å². The van der Waals surface area contributed by atoms with Crippen molar-refractivity contribution in [1.29, 1.82) is 5.41 Å². The molecule has 7 nitrogen and oxygen atoms in total. The summed E-state index contributed by atoms with van der Waals surface area (Å²) in [6.45, 7) is -0.387. The highest BCUT2D eigenvalue weighted by molar-refractivity contribution is 6.31. The van der Waals surface area contributed by atoms with Gasteiger partial charge in [0.25, 0.3) is 0 Å². The number of carbonyl (C=O) groups is 2. The third-order valence-corrected chi connectivity index (χ3v) is 5.69. The van der Waals surface area contributed by atoms with Crippen LogP contribution in [0.15, 0.2) is 18.2 Å². The van der Waals surface area contributed by atoms with E-state index in [1.54, 1.807) is 12.1 Å². The average Bonchev–Trinajstić information content (AvgIpc) is 2.72. The summed E-state index contributed by atoms with van der Waals surface area (Å²) >= 11 is 0. The Kier molecular flexibility index (Phi) is 4.19. The molecule has 0 heterocycles. The maximum atomic E-state index is 13.1. The molecular weight excluding hydrogens is 362 g/mol. The minimum absolute atomic E-state index is 0.0768. The number of phenols is 2. The summed E-state index contributed by atoms with van der Waals surface area (Å²) in [6.07, 6.45) is 1.05. The quantitative estimate of drug-likeness (QED) is 0.406. The predicted octanol–water partition coefficient (Wildman–Crippen LogP) is 2.00. The van der Waals surface area contributed by atoms with E-state index in [0.717, 1.165) is 0 Å². The first-order valence-electron chi connectivity index (χ1n) is 8.94. The van der Waals surface area contributed by atoms with Gasteiger partial charge < -0.3 is 25.5 Å². The molecule has 2 aromatic carbocycles. The molecule has 0 radical (unpaired) electrons. The Balaban J connectivity index is 1.95. The molecule has 0 spiro atoms. The molecule has 2 aliphatic carbocycles. The summed E-state index contributed by atoms with van der Waals surface area (Å²) in [7, 11) is 1.39. The Morgan fingerprint density at radius 3 is 2.46 bits per heavy atom. The highest BCUT2D eigenvalue weighted by atomic mass is 16.5. The van der Waals surface area contributed by atoms with E-state index in [2.05, 4.69) is 0 Å². The highest BCUT2D eigenvalue weighted by Crippen LogP contribution is 2.47. The van der Waals surface area contributed by atoms with Gasteiger partial charge in [0.2, 0.25) is 5.78 Å². The molecule has 0 aliphatic heterocycles. The van der Waals surface area contributed by atoms with Crippen molar-refractivity contribution in [2.75, 3.05) is 13.7 Å². The second-order valence-electron chi connectivity index (χ2n) is 7.07. The molecule has 1 atom stereocenters. The van der Waals surface area contributed by atoms with E-state index in [0.29, 0.717) is 24.0 Å². The number of aliphatic hydroxyl groups is 1. The number of hydrogen-bond acceptors (Lipinski definition) is 7. The number of phenolic OH excluding ortho intramolecular Hbond substituents is 2. The fraction of sp³-hybridized carbons (Fsp3) is 0.286. The fourth-order valence-electron chi connectivity index (χ4n) is 4.23. The summed E-state index contributed by atoms with van der Waals surface area (Å²) in [4.78, 5) is 26.2. The van der Waals surface area contributed by atoms with Crippen molar-refractivity contribution < 1.29 is 29.6 Å². The number of ether oxygens (including phenoxy) is 1. The van der Waals surface area contributed by atoms with Crippen molar-refractivity contribution in [3.8, 4) is 17.2 Å². The zero-order valence-corrected chi connectivity index (χ0v) is 15.2. The van der Waals surface area contributed by atoms with E-state index in [1.807, 2.05) is 0 Å². The van der Waals surface area contributed by atoms with Crippen molar-refractivity contribution >= 4 is 17.3 Å². The first-order valence-corrected chi connectivity index (χ1v) is 8.94. The topological polar surface area (TPSA) is 128 Å². The van der Waals surface area contributed by atoms with E-state index >= 15 is 0 Å². The number of fused-ring (bicyclic) bond motifs is 3. The first kappa shape index (κ1) is 18.2. The number of ketones is 2. The van der Waals surface area contributed by atoms with E-state index in [-0.39, 0.29) is 64.2 Å². The Hall–Kier alpha value is -3.19. The number of aromatic hydroxyl groups is 2. The Labute approximate surface area is 160 Å². The third-order valence-electron chi connectivity index (χ3n) is 5.69. The molecule has 28 heavy (non-hydrogen) atoms. The molecule has 7 heteroatoms. The van der Waals surface area contributed by atoms with Crippen LogP contribution in [0.5, 0.6) is 17.2 Å². The fourth-order valence-corrected chi connectivity index (χ4v) is 4.23. The zero-order valence-electron chi connectivity index (χ0n) is 15.2. The van der Waals surface area contributed by atoms with Gasteiger partial charge in [0.1, 0.15) is 17.2 Å². The molecule has 2 aromatic rings.